The van der Waals surface area contributed by atoms with E-state index in [1.807, 2.05) is 30.3 Å². The summed E-state index contributed by atoms with van der Waals surface area (Å²) in [6, 6.07) is 9.51. The number of anilines is 1. The molecule has 0 bridgehead atoms. The number of rotatable bonds is 11. The molecule has 0 aliphatic heterocycles. The normalized spacial score (nSPS) is 26.9. The topological polar surface area (TPSA) is 66.0 Å². The molecule has 2 fully saturated rings. The highest BCUT2D eigenvalue weighted by Gasteiger charge is 2.55. The van der Waals surface area contributed by atoms with E-state index in [0.29, 0.717) is 12.7 Å². The van der Waals surface area contributed by atoms with Crippen LogP contribution in [0, 0.1) is 11.3 Å². The van der Waals surface area contributed by atoms with Gasteiger partial charge in [-0.25, -0.2) is 4.79 Å². The van der Waals surface area contributed by atoms with Crippen LogP contribution in [0.25, 0.3) is 0 Å². The zero-order valence-corrected chi connectivity index (χ0v) is 26.9. The number of nitrogens with one attached hydrogen (secondary N) is 1. The standard InChI is InChI=1S/C32H53NO5Si/c1-30(2,3)39(8,9)38-27-19-15-21-32(6)25(18-13-14-20-31(4,5)36-23-35-7)28(22-26(27)32)37-29(34)33-24-16-11-10-12-17-24/h10-12,16-18,26-28H,13-15,19-23H2,1-9H3,(H,33,34)/b25-18-/t26-,27-,28+,32+/m0/s1. The number of hydrogen-bond acceptors (Lipinski definition) is 5. The Morgan fingerprint density at radius 2 is 1.85 bits per heavy atom. The lowest BCUT2D eigenvalue weighted by Gasteiger charge is -2.47. The van der Waals surface area contributed by atoms with Crippen LogP contribution in [0.4, 0.5) is 10.5 Å². The minimum Gasteiger partial charge on any atom is -0.441 e. The van der Waals surface area contributed by atoms with Crippen LogP contribution in [0.1, 0.15) is 86.5 Å². The number of para-hydroxylation sites is 1. The molecule has 0 heterocycles. The Balaban J connectivity index is 1.81. The van der Waals surface area contributed by atoms with Crippen LogP contribution >= 0.6 is 0 Å². The lowest BCUT2D eigenvalue weighted by atomic mass is 9.66. The van der Waals surface area contributed by atoms with Crippen molar-refractivity contribution in [2.75, 3.05) is 19.2 Å². The summed E-state index contributed by atoms with van der Waals surface area (Å²) in [5, 5.41) is 3.07. The number of amides is 1. The first kappa shape index (κ1) is 31.8. The molecule has 0 unspecified atom stereocenters. The van der Waals surface area contributed by atoms with E-state index in [-0.39, 0.29) is 28.3 Å². The van der Waals surface area contributed by atoms with Gasteiger partial charge in [0.15, 0.2) is 8.32 Å². The second-order valence-electron chi connectivity index (χ2n) is 13.8. The number of ether oxygens (including phenoxy) is 3. The second-order valence-corrected chi connectivity index (χ2v) is 18.6. The summed E-state index contributed by atoms with van der Waals surface area (Å²) in [6.45, 7) is 18.5. The van der Waals surface area contributed by atoms with Gasteiger partial charge in [0, 0.05) is 18.9 Å². The molecule has 1 aromatic rings. The van der Waals surface area contributed by atoms with Crippen molar-refractivity contribution >= 4 is 20.1 Å². The molecule has 0 radical (unpaired) electrons. The molecule has 220 valence electrons. The molecule has 0 saturated heterocycles. The zero-order valence-electron chi connectivity index (χ0n) is 25.9. The molecule has 7 heteroatoms. The molecule has 3 rings (SSSR count). The minimum atomic E-state index is -1.94. The second kappa shape index (κ2) is 12.9. The van der Waals surface area contributed by atoms with Crippen LogP contribution in [0.5, 0.6) is 0 Å². The van der Waals surface area contributed by atoms with Gasteiger partial charge in [0.1, 0.15) is 12.9 Å². The van der Waals surface area contributed by atoms with Crippen molar-refractivity contribution in [2.45, 2.75) is 122 Å². The Labute approximate surface area is 238 Å². The van der Waals surface area contributed by atoms with Crippen molar-refractivity contribution in [3.05, 3.63) is 42.0 Å². The molecule has 6 nitrogen and oxygen atoms in total. The van der Waals surface area contributed by atoms with Gasteiger partial charge >= 0.3 is 6.09 Å². The van der Waals surface area contributed by atoms with Gasteiger partial charge < -0.3 is 18.6 Å². The van der Waals surface area contributed by atoms with E-state index in [1.165, 1.54) is 5.57 Å². The summed E-state index contributed by atoms with van der Waals surface area (Å²) in [4.78, 5) is 13.0. The Morgan fingerprint density at radius 1 is 1.15 bits per heavy atom. The maximum atomic E-state index is 13.0. The Kier molecular flexibility index (Phi) is 10.5. The van der Waals surface area contributed by atoms with Crippen molar-refractivity contribution in [2.24, 2.45) is 11.3 Å². The number of allylic oxidation sites excluding steroid dienone is 1. The monoisotopic (exact) mass is 559 g/mol. The molecule has 2 saturated carbocycles. The fourth-order valence-corrected chi connectivity index (χ4v) is 7.40. The van der Waals surface area contributed by atoms with Gasteiger partial charge in [0.05, 0.1) is 5.60 Å². The van der Waals surface area contributed by atoms with Gasteiger partial charge in [-0.2, -0.15) is 0 Å². The Morgan fingerprint density at radius 3 is 2.49 bits per heavy atom. The summed E-state index contributed by atoms with van der Waals surface area (Å²) in [5.41, 5.74) is 1.74. The molecule has 1 N–H and O–H groups in total. The first-order chi connectivity index (χ1) is 18.2. The van der Waals surface area contributed by atoms with Gasteiger partial charge in [0.25, 0.3) is 0 Å². The summed E-state index contributed by atoms with van der Waals surface area (Å²) >= 11 is 0. The smallest absolute Gasteiger partial charge is 0.412 e. The number of methoxy groups -OCH3 is 1. The largest absolute Gasteiger partial charge is 0.441 e. The highest BCUT2D eigenvalue weighted by molar-refractivity contribution is 6.74. The van der Waals surface area contributed by atoms with E-state index in [0.717, 1.165) is 50.6 Å². The number of fused-ring (bicyclic) bond motifs is 1. The molecule has 39 heavy (non-hydrogen) atoms. The van der Waals surface area contributed by atoms with Crippen LogP contribution < -0.4 is 5.32 Å². The van der Waals surface area contributed by atoms with Gasteiger partial charge in [-0.1, -0.05) is 58.4 Å². The lowest BCUT2D eigenvalue weighted by molar-refractivity contribution is -0.117. The maximum Gasteiger partial charge on any atom is 0.412 e. The van der Waals surface area contributed by atoms with Crippen LogP contribution in [0.15, 0.2) is 42.0 Å². The van der Waals surface area contributed by atoms with Crippen LogP contribution in [0.3, 0.4) is 0 Å². The number of benzene rings is 1. The van der Waals surface area contributed by atoms with E-state index < -0.39 is 14.4 Å². The number of unbranched alkanes of at least 4 members (excludes halogenated alkanes) is 1. The third-order valence-corrected chi connectivity index (χ3v) is 13.9. The first-order valence-corrected chi connectivity index (χ1v) is 17.6. The average Bonchev–Trinajstić information content (AvgIpc) is 3.12. The van der Waals surface area contributed by atoms with Crippen molar-refractivity contribution in [3.63, 3.8) is 0 Å². The number of hydrogen-bond donors (Lipinski definition) is 1. The van der Waals surface area contributed by atoms with E-state index in [9.17, 15) is 4.79 Å². The molecule has 2 aliphatic rings. The van der Waals surface area contributed by atoms with Crippen molar-refractivity contribution < 1.29 is 23.4 Å². The zero-order chi connectivity index (χ0) is 28.9. The van der Waals surface area contributed by atoms with Crippen LogP contribution in [0.2, 0.25) is 18.1 Å². The van der Waals surface area contributed by atoms with Gasteiger partial charge in [0.2, 0.25) is 0 Å². The van der Waals surface area contributed by atoms with E-state index in [1.54, 1.807) is 7.11 Å². The van der Waals surface area contributed by atoms with E-state index >= 15 is 0 Å². The number of carbonyl (C=O) groups excluding carboxylic acids is 1. The molecule has 4 atom stereocenters. The molecular formula is C32H53NO5Si. The number of carbonyl (C=O) groups is 1. The van der Waals surface area contributed by atoms with Crippen molar-refractivity contribution in [3.8, 4) is 0 Å². The Bertz CT molecular complexity index is 971. The summed E-state index contributed by atoms with van der Waals surface area (Å²) in [6.07, 6.45) is 8.88. The quantitative estimate of drug-likeness (QED) is 0.127. The Hall–Kier alpha value is -1.67. The SMILES string of the molecule is COCOC(C)(C)CCC/C=C1/[C@H](OC(=O)Nc2ccccc2)C[C@H]2[C@@H](O[Si](C)(C)C(C)(C)C)CCC[C@]12C. The maximum absolute atomic E-state index is 13.0. The first-order valence-electron chi connectivity index (χ1n) is 14.7. The molecule has 2 aliphatic carbocycles. The average molecular weight is 560 g/mol. The highest BCUT2D eigenvalue weighted by atomic mass is 28.4. The van der Waals surface area contributed by atoms with Crippen molar-refractivity contribution in [1.29, 1.82) is 0 Å². The van der Waals surface area contributed by atoms with Gasteiger partial charge in [-0.15, -0.1) is 0 Å². The summed E-state index contributed by atoms with van der Waals surface area (Å²) in [5.74, 6) is 0.336. The molecule has 0 spiro atoms. The summed E-state index contributed by atoms with van der Waals surface area (Å²) in [7, 11) is -0.288. The predicted octanol–water partition coefficient (Wildman–Crippen LogP) is 8.70. The van der Waals surface area contributed by atoms with Crippen LogP contribution in [-0.2, 0) is 18.6 Å². The predicted molar refractivity (Wildman–Crippen MR) is 161 cm³/mol. The van der Waals surface area contributed by atoms with Gasteiger partial charge in [-0.3, -0.25) is 5.32 Å². The molecule has 1 aromatic carbocycles. The fraction of sp³-hybridized carbons (Fsp3) is 0.719. The third-order valence-electron chi connectivity index (χ3n) is 9.36. The van der Waals surface area contributed by atoms with Gasteiger partial charge in [-0.05, 0) is 99.5 Å². The minimum absolute atomic E-state index is 0.0367. The van der Waals surface area contributed by atoms with Crippen molar-refractivity contribution in [1.82, 2.24) is 0 Å². The molecular weight excluding hydrogens is 506 g/mol. The van der Waals surface area contributed by atoms with E-state index in [2.05, 4.69) is 66.0 Å². The highest BCUT2D eigenvalue weighted by Crippen LogP contribution is 2.58. The van der Waals surface area contributed by atoms with Crippen LogP contribution in [-0.4, -0.2) is 46.1 Å². The third kappa shape index (κ3) is 8.18. The van der Waals surface area contributed by atoms with E-state index in [4.69, 9.17) is 18.6 Å². The molecule has 1 amide bonds. The molecule has 0 aromatic heterocycles. The lowest BCUT2D eigenvalue weighted by Crippen LogP contribution is -2.49. The summed E-state index contributed by atoms with van der Waals surface area (Å²) < 4.78 is 24.2. The fourth-order valence-electron chi connectivity index (χ4n) is 6.01.